The molecule has 0 saturated carbocycles. The summed E-state index contributed by atoms with van der Waals surface area (Å²) in [5.41, 5.74) is 6.95. The van der Waals surface area contributed by atoms with Crippen molar-refractivity contribution >= 4 is 17.7 Å². The Bertz CT molecular complexity index is 1210. The number of carbonyl (C=O) groups excluding carboxylic acids is 3. The predicted molar refractivity (Wildman–Crippen MR) is 146 cm³/mol. The SMILES string of the molecule is Cc1ccccc1COC[C@@H](NC(=O)C(C)(C)N)C(=O)N1CCCC2(C1)C(=O)N(C)CC2c1ccc(F)cc1. The maximum Gasteiger partial charge on any atom is 0.247 e. The molecular formula is C30H39FN4O4. The zero-order valence-electron chi connectivity index (χ0n) is 23.2. The largest absolute Gasteiger partial charge is 0.374 e. The van der Waals surface area contributed by atoms with Crippen molar-refractivity contribution in [2.24, 2.45) is 11.1 Å². The topological polar surface area (TPSA) is 105 Å². The van der Waals surface area contributed by atoms with Crippen LogP contribution in [0.1, 0.15) is 49.3 Å². The van der Waals surface area contributed by atoms with Gasteiger partial charge >= 0.3 is 0 Å². The summed E-state index contributed by atoms with van der Waals surface area (Å²) in [6, 6.07) is 13.1. The molecular weight excluding hydrogens is 499 g/mol. The molecule has 39 heavy (non-hydrogen) atoms. The van der Waals surface area contributed by atoms with Crippen LogP contribution in [0.3, 0.4) is 0 Å². The van der Waals surface area contributed by atoms with Crippen molar-refractivity contribution in [2.75, 3.05) is 33.3 Å². The zero-order valence-corrected chi connectivity index (χ0v) is 23.2. The first-order valence-corrected chi connectivity index (χ1v) is 13.4. The number of ether oxygens (including phenoxy) is 1. The standard InChI is InChI=1S/C30H39FN4O4/c1-20-8-5-6-9-22(20)17-39-18-25(33-27(37)29(2,3)32)26(36)35-15-7-14-30(19-35)24(16-34(4)28(30)38)21-10-12-23(31)13-11-21/h5-6,8-13,24-25H,7,14-19,32H2,1-4H3,(H,33,37)/t24?,25-,30?/m1/s1. The molecule has 2 aromatic carbocycles. The summed E-state index contributed by atoms with van der Waals surface area (Å²) in [4.78, 5) is 43.6. The first-order valence-electron chi connectivity index (χ1n) is 13.4. The molecule has 0 aliphatic carbocycles. The smallest absolute Gasteiger partial charge is 0.247 e. The molecule has 0 radical (unpaired) electrons. The van der Waals surface area contributed by atoms with Gasteiger partial charge in [0.25, 0.3) is 0 Å². The van der Waals surface area contributed by atoms with Crippen LogP contribution in [0.25, 0.3) is 0 Å². The maximum atomic E-state index is 13.9. The molecule has 2 aromatic rings. The molecule has 1 spiro atoms. The molecule has 0 aromatic heterocycles. The van der Waals surface area contributed by atoms with Crippen LogP contribution < -0.4 is 11.1 Å². The van der Waals surface area contributed by atoms with Crippen LogP contribution in [0.15, 0.2) is 48.5 Å². The minimum absolute atomic E-state index is 0.0196. The minimum Gasteiger partial charge on any atom is -0.374 e. The fourth-order valence-electron chi connectivity index (χ4n) is 5.71. The second kappa shape index (κ2) is 11.4. The van der Waals surface area contributed by atoms with Gasteiger partial charge in [0.2, 0.25) is 17.7 Å². The predicted octanol–water partition coefficient (Wildman–Crippen LogP) is 2.74. The number of piperidine rings is 1. The van der Waals surface area contributed by atoms with E-state index in [1.54, 1.807) is 42.8 Å². The van der Waals surface area contributed by atoms with Crippen molar-refractivity contribution in [1.29, 1.82) is 0 Å². The number of hydrogen-bond acceptors (Lipinski definition) is 5. The summed E-state index contributed by atoms with van der Waals surface area (Å²) in [6.07, 6.45) is 1.26. The number of nitrogens with two attached hydrogens (primary N) is 1. The summed E-state index contributed by atoms with van der Waals surface area (Å²) in [5.74, 6) is -1.31. The number of rotatable bonds is 8. The molecule has 210 valence electrons. The second-order valence-electron chi connectivity index (χ2n) is 11.5. The number of likely N-dealkylation sites (tertiary alicyclic amines) is 2. The molecule has 2 saturated heterocycles. The summed E-state index contributed by atoms with van der Waals surface area (Å²) in [7, 11) is 1.76. The number of nitrogens with one attached hydrogen (secondary N) is 1. The first kappa shape index (κ1) is 28.7. The van der Waals surface area contributed by atoms with Crippen molar-refractivity contribution in [3.05, 3.63) is 71.0 Å². The van der Waals surface area contributed by atoms with Gasteiger partial charge in [0.05, 0.1) is 24.2 Å². The summed E-state index contributed by atoms with van der Waals surface area (Å²) in [5, 5.41) is 2.79. The van der Waals surface area contributed by atoms with E-state index in [-0.39, 0.29) is 43.3 Å². The van der Waals surface area contributed by atoms with Crippen LogP contribution in [0.5, 0.6) is 0 Å². The fraction of sp³-hybridized carbons (Fsp3) is 0.500. The zero-order chi connectivity index (χ0) is 28.4. The quantitative estimate of drug-likeness (QED) is 0.538. The molecule has 3 atom stereocenters. The molecule has 2 aliphatic rings. The van der Waals surface area contributed by atoms with Gasteiger partial charge in [-0.25, -0.2) is 4.39 Å². The highest BCUT2D eigenvalue weighted by molar-refractivity contribution is 5.92. The van der Waals surface area contributed by atoms with Gasteiger partial charge in [-0.2, -0.15) is 0 Å². The number of likely N-dealkylation sites (N-methyl/N-ethyl adjacent to an activating group) is 1. The Morgan fingerprint density at radius 2 is 1.90 bits per heavy atom. The lowest BCUT2D eigenvalue weighted by atomic mass is 9.69. The van der Waals surface area contributed by atoms with E-state index >= 15 is 0 Å². The molecule has 3 amide bonds. The molecule has 2 fully saturated rings. The number of hydrogen-bond donors (Lipinski definition) is 2. The van der Waals surface area contributed by atoms with Crippen LogP contribution in [0.4, 0.5) is 4.39 Å². The Labute approximate surface area is 229 Å². The molecule has 0 bridgehead atoms. The molecule has 4 rings (SSSR count). The van der Waals surface area contributed by atoms with Crippen molar-refractivity contribution in [3.63, 3.8) is 0 Å². The summed E-state index contributed by atoms with van der Waals surface area (Å²) in [6.45, 7) is 6.57. The lowest BCUT2D eigenvalue weighted by molar-refractivity contribution is -0.147. The maximum absolute atomic E-state index is 13.9. The van der Waals surface area contributed by atoms with E-state index in [1.165, 1.54) is 12.1 Å². The van der Waals surface area contributed by atoms with Gasteiger partial charge in [0.1, 0.15) is 11.9 Å². The third kappa shape index (κ3) is 6.15. The monoisotopic (exact) mass is 538 g/mol. The van der Waals surface area contributed by atoms with Crippen molar-refractivity contribution in [2.45, 2.75) is 57.7 Å². The van der Waals surface area contributed by atoms with Crippen molar-refractivity contribution in [1.82, 2.24) is 15.1 Å². The lowest BCUT2D eigenvalue weighted by Crippen LogP contribution is -2.60. The van der Waals surface area contributed by atoms with Crippen LogP contribution >= 0.6 is 0 Å². The van der Waals surface area contributed by atoms with Crippen LogP contribution in [-0.2, 0) is 25.7 Å². The van der Waals surface area contributed by atoms with E-state index < -0.39 is 22.9 Å². The summed E-state index contributed by atoms with van der Waals surface area (Å²) < 4.78 is 19.6. The average molecular weight is 539 g/mol. The van der Waals surface area contributed by atoms with Gasteiger partial charge in [-0.1, -0.05) is 36.4 Å². The molecule has 3 N–H and O–H groups in total. The van der Waals surface area contributed by atoms with Gasteiger partial charge < -0.3 is 25.6 Å². The molecule has 9 heteroatoms. The number of carbonyl (C=O) groups is 3. The second-order valence-corrected chi connectivity index (χ2v) is 11.5. The molecule has 2 unspecified atom stereocenters. The van der Waals surface area contributed by atoms with E-state index in [2.05, 4.69) is 5.32 Å². The highest BCUT2D eigenvalue weighted by Crippen LogP contribution is 2.49. The average Bonchev–Trinajstić information content (AvgIpc) is 3.13. The van der Waals surface area contributed by atoms with E-state index in [0.717, 1.165) is 16.7 Å². The summed E-state index contributed by atoms with van der Waals surface area (Å²) >= 11 is 0. The van der Waals surface area contributed by atoms with E-state index in [0.29, 0.717) is 25.9 Å². The number of amides is 3. The van der Waals surface area contributed by atoms with Crippen LogP contribution in [0, 0.1) is 18.2 Å². The van der Waals surface area contributed by atoms with Gasteiger partial charge in [-0.05, 0) is 62.4 Å². The Balaban J connectivity index is 1.55. The normalized spacial score (nSPS) is 22.3. The Morgan fingerprint density at radius 1 is 1.21 bits per heavy atom. The van der Waals surface area contributed by atoms with E-state index in [9.17, 15) is 18.8 Å². The highest BCUT2D eigenvalue weighted by atomic mass is 19.1. The van der Waals surface area contributed by atoms with Gasteiger partial charge in [0, 0.05) is 32.6 Å². The van der Waals surface area contributed by atoms with E-state index in [1.807, 2.05) is 31.2 Å². The lowest BCUT2D eigenvalue weighted by Gasteiger charge is -2.43. The number of halogens is 1. The number of nitrogens with zero attached hydrogens (tertiary/aromatic N) is 2. The molecule has 2 heterocycles. The van der Waals surface area contributed by atoms with Crippen LogP contribution in [0.2, 0.25) is 0 Å². The Kier molecular flexibility index (Phi) is 8.42. The van der Waals surface area contributed by atoms with E-state index in [4.69, 9.17) is 10.5 Å². The Hall–Kier alpha value is -3.30. The van der Waals surface area contributed by atoms with Crippen molar-refractivity contribution < 1.29 is 23.5 Å². The third-order valence-electron chi connectivity index (χ3n) is 8.00. The van der Waals surface area contributed by atoms with Crippen molar-refractivity contribution in [3.8, 4) is 0 Å². The first-order chi connectivity index (χ1) is 18.4. The number of benzene rings is 2. The molecule has 8 nitrogen and oxygen atoms in total. The van der Waals surface area contributed by atoms with Gasteiger partial charge in [0.15, 0.2) is 0 Å². The van der Waals surface area contributed by atoms with Gasteiger partial charge in [-0.15, -0.1) is 0 Å². The minimum atomic E-state index is -1.19. The third-order valence-corrected chi connectivity index (χ3v) is 8.00. The number of aryl methyl sites for hydroxylation is 1. The Morgan fingerprint density at radius 3 is 2.56 bits per heavy atom. The van der Waals surface area contributed by atoms with Crippen LogP contribution in [-0.4, -0.2) is 72.4 Å². The highest BCUT2D eigenvalue weighted by Gasteiger charge is 2.56. The fourth-order valence-corrected chi connectivity index (χ4v) is 5.71. The van der Waals surface area contributed by atoms with Gasteiger partial charge in [-0.3, -0.25) is 14.4 Å². The molecule has 2 aliphatic heterocycles.